The van der Waals surface area contributed by atoms with Gasteiger partial charge >= 0.3 is 0 Å². The summed E-state index contributed by atoms with van der Waals surface area (Å²) in [6.07, 6.45) is 3.29. The van der Waals surface area contributed by atoms with Gasteiger partial charge in [0.2, 0.25) is 5.89 Å². The zero-order valence-electron chi connectivity index (χ0n) is 7.08. The fourth-order valence-corrected chi connectivity index (χ4v) is 0.970. The molecule has 0 N–H and O–H groups in total. The van der Waals surface area contributed by atoms with Gasteiger partial charge in [-0.15, -0.1) is 0 Å². The van der Waals surface area contributed by atoms with Gasteiger partial charge in [-0.3, -0.25) is 4.90 Å². The lowest BCUT2D eigenvalue weighted by Crippen LogP contribution is -2.22. The van der Waals surface area contributed by atoms with Crippen molar-refractivity contribution < 1.29 is 4.42 Å². The van der Waals surface area contributed by atoms with Gasteiger partial charge in [0.1, 0.15) is 6.26 Å². The van der Waals surface area contributed by atoms with E-state index in [9.17, 15) is 0 Å². The van der Waals surface area contributed by atoms with E-state index in [1.54, 1.807) is 12.5 Å². The van der Waals surface area contributed by atoms with Crippen molar-refractivity contribution in [2.24, 2.45) is 0 Å². The number of nitrogens with zero attached hydrogens (tertiary/aromatic N) is 2. The molecule has 3 nitrogen and oxygen atoms in total. The van der Waals surface area contributed by atoms with Crippen LogP contribution in [0, 0.1) is 0 Å². The third-order valence-electron chi connectivity index (χ3n) is 1.74. The average Bonchev–Trinajstić information content (AvgIpc) is 2.52. The molecule has 1 aromatic rings. The van der Waals surface area contributed by atoms with Gasteiger partial charge in [0.25, 0.3) is 0 Å². The number of hydrogen-bond acceptors (Lipinski definition) is 3. The van der Waals surface area contributed by atoms with Crippen LogP contribution in [0.4, 0.5) is 0 Å². The van der Waals surface area contributed by atoms with Gasteiger partial charge in [-0.25, -0.2) is 4.98 Å². The molecule has 0 aliphatic heterocycles. The van der Waals surface area contributed by atoms with E-state index in [1.165, 1.54) is 0 Å². The van der Waals surface area contributed by atoms with Gasteiger partial charge in [0, 0.05) is 0 Å². The molecule has 62 valence electrons. The summed E-state index contributed by atoms with van der Waals surface area (Å²) in [5, 5.41) is 0. The van der Waals surface area contributed by atoms with E-state index in [1.807, 2.05) is 0 Å². The Bertz CT molecular complexity index is 180. The Hall–Kier alpha value is -0.830. The first kappa shape index (κ1) is 8.27. The van der Waals surface area contributed by atoms with E-state index in [0.717, 1.165) is 25.5 Å². The van der Waals surface area contributed by atoms with Crippen LogP contribution < -0.4 is 0 Å². The summed E-state index contributed by atoms with van der Waals surface area (Å²) in [5.74, 6) is 0.800. The Morgan fingerprint density at radius 3 is 2.64 bits per heavy atom. The van der Waals surface area contributed by atoms with Crippen molar-refractivity contribution in [1.29, 1.82) is 0 Å². The molecule has 0 aliphatic carbocycles. The van der Waals surface area contributed by atoms with Gasteiger partial charge in [-0.2, -0.15) is 0 Å². The Morgan fingerprint density at radius 2 is 2.18 bits per heavy atom. The Kier molecular flexibility index (Phi) is 3.11. The summed E-state index contributed by atoms with van der Waals surface area (Å²) >= 11 is 0. The molecule has 3 heteroatoms. The molecular formula is C8H14N2O. The minimum atomic E-state index is 0.800. The van der Waals surface area contributed by atoms with Crippen LogP contribution in [0.5, 0.6) is 0 Å². The maximum Gasteiger partial charge on any atom is 0.208 e. The summed E-state index contributed by atoms with van der Waals surface area (Å²) < 4.78 is 5.11. The molecule has 0 amide bonds. The predicted molar refractivity (Wildman–Crippen MR) is 43.1 cm³/mol. The highest BCUT2D eigenvalue weighted by Gasteiger charge is 2.02. The molecule has 1 heterocycles. The van der Waals surface area contributed by atoms with Crippen LogP contribution in [-0.4, -0.2) is 23.0 Å². The number of oxazole rings is 1. The molecular weight excluding hydrogens is 140 g/mol. The van der Waals surface area contributed by atoms with Gasteiger partial charge < -0.3 is 4.42 Å². The quantitative estimate of drug-likeness (QED) is 0.658. The fourth-order valence-electron chi connectivity index (χ4n) is 0.970. The maximum atomic E-state index is 5.11. The summed E-state index contributed by atoms with van der Waals surface area (Å²) in [6.45, 7) is 7.16. The van der Waals surface area contributed by atoms with Gasteiger partial charge in [0.05, 0.1) is 12.7 Å². The van der Waals surface area contributed by atoms with Crippen molar-refractivity contribution in [2.75, 3.05) is 13.1 Å². The molecule has 0 aliphatic rings. The van der Waals surface area contributed by atoms with Crippen LogP contribution in [0.1, 0.15) is 19.7 Å². The van der Waals surface area contributed by atoms with E-state index in [4.69, 9.17) is 4.42 Å². The molecule has 1 aromatic heterocycles. The molecule has 0 unspecified atom stereocenters. The van der Waals surface area contributed by atoms with Crippen molar-refractivity contribution in [3.63, 3.8) is 0 Å². The summed E-state index contributed by atoms with van der Waals surface area (Å²) in [6, 6.07) is 0. The predicted octanol–water partition coefficient (Wildman–Crippen LogP) is 1.52. The fraction of sp³-hybridized carbons (Fsp3) is 0.625. The first-order chi connectivity index (χ1) is 5.36. The van der Waals surface area contributed by atoms with Gasteiger partial charge in [-0.1, -0.05) is 13.8 Å². The molecule has 0 saturated heterocycles. The number of rotatable bonds is 4. The second-order valence-electron chi connectivity index (χ2n) is 2.39. The van der Waals surface area contributed by atoms with Crippen molar-refractivity contribution in [3.05, 3.63) is 18.4 Å². The molecule has 11 heavy (non-hydrogen) atoms. The first-order valence-electron chi connectivity index (χ1n) is 3.97. The van der Waals surface area contributed by atoms with Crippen molar-refractivity contribution in [2.45, 2.75) is 20.4 Å². The van der Waals surface area contributed by atoms with E-state index in [2.05, 4.69) is 23.7 Å². The molecule has 1 rings (SSSR count). The third-order valence-corrected chi connectivity index (χ3v) is 1.74. The van der Waals surface area contributed by atoms with Crippen LogP contribution in [0.15, 0.2) is 16.9 Å². The second kappa shape index (κ2) is 4.13. The van der Waals surface area contributed by atoms with Crippen LogP contribution in [-0.2, 0) is 6.54 Å². The summed E-state index contributed by atoms with van der Waals surface area (Å²) in [5.41, 5.74) is 0. The molecule has 0 saturated carbocycles. The lowest BCUT2D eigenvalue weighted by molar-refractivity contribution is 0.263. The maximum absolute atomic E-state index is 5.11. The molecule has 0 spiro atoms. The highest BCUT2D eigenvalue weighted by atomic mass is 16.3. The average molecular weight is 154 g/mol. The lowest BCUT2D eigenvalue weighted by Gasteiger charge is -2.14. The second-order valence-corrected chi connectivity index (χ2v) is 2.39. The zero-order valence-corrected chi connectivity index (χ0v) is 7.08. The van der Waals surface area contributed by atoms with Crippen LogP contribution in [0.3, 0.4) is 0 Å². The van der Waals surface area contributed by atoms with Crippen LogP contribution >= 0.6 is 0 Å². The molecule has 0 bridgehead atoms. The van der Waals surface area contributed by atoms with Crippen molar-refractivity contribution in [1.82, 2.24) is 9.88 Å². The minimum absolute atomic E-state index is 0.800. The van der Waals surface area contributed by atoms with Crippen LogP contribution in [0.2, 0.25) is 0 Å². The minimum Gasteiger partial charge on any atom is -0.448 e. The Labute approximate surface area is 67.0 Å². The van der Waals surface area contributed by atoms with Gasteiger partial charge in [0.15, 0.2) is 0 Å². The topological polar surface area (TPSA) is 29.3 Å². The van der Waals surface area contributed by atoms with Gasteiger partial charge in [-0.05, 0) is 13.1 Å². The highest BCUT2D eigenvalue weighted by molar-refractivity contribution is 4.79. The SMILES string of the molecule is CCN(CC)Cc1ncco1. The molecule has 0 radical (unpaired) electrons. The monoisotopic (exact) mass is 154 g/mol. The Morgan fingerprint density at radius 1 is 1.45 bits per heavy atom. The lowest BCUT2D eigenvalue weighted by atomic mass is 10.5. The van der Waals surface area contributed by atoms with E-state index in [0.29, 0.717) is 0 Å². The zero-order chi connectivity index (χ0) is 8.10. The van der Waals surface area contributed by atoms with Crippen molar-refractivity contribution in [3.8, 4) is 0 Å². The van der Waals surface area contributed by atoms with E-state index in [-0.39, 0.29) is 0 Å². The number of aromatic nitrogens is 1. The standard InChI is InChI=1S/C8H14N2O/c1-3-10(4-2)7-8-9-5-6-11-8/h5-6H,3-4,7H2,1-2H3. The van der Waals surface area contributed by atoms with Crippen LogP contribution in [0.25, 0.3) is 0 Å². The summed E-state index contributed by atoms with van der Waals surface area (Å²) in [4.78, 5) is 6.30. The first-order valence-corrected chi connectivity index (χ1v) is 3.97. The highest BCUT2D eigenvalue weighted by Crippen LogP contribution is 1.99. The van der Waals surface area contributed by atoms with E-state index < -0.39 is 0 Å². The normalized spacial score (nSPS) is 10.8. The largest absolute Gasteiger partial charge is 0.448 e. The molecule has 0 aromatic carbocycles. The summed E-state index contributed by atoms with van der Waals surface area (Å²) in [7, 11) is 0. The number of hydrogen-bond donors (Lipinski definition) is 0. The Balaban J connectivity index is 2.41. The van der Waals surface area contributed by atoms with E-state index >= 15 is 0 Å². The smallest absolute Gasteiger partial charge is 0.208 e. The third kappa shape index (κ3) is 2.35. The molecule has 0 fully saturated rings. The molecule has 0 atom stereocenters. The van der Waals surface area contributed by atoms with Crippen molar-refractivity contribution >= 4 is 0 Å².